The van der Waals surface area contributed by atoms with Gasteiger partial charge in [-0.05, 0) is 23.8 Å². The zero-order valence-corrected chi connectivity index (χ0v) is 12.2. The topological polar surface area (TPSA) is 73.2 Å². The van der Waals surface area contributed by atoms with Crippen LogP contribution in [-0.4, -0.2) is 28.3 Å². The molecule has 6 heteroatoms. The van der Waals surface area contributed by atoms with Crippen molar-refractivity contribution < 1.29 is 14.3 Å². The molecule has 0 spiro atoms. The normalized spacial score (nSPS) is 20.7. The number of nitrogens with zero attached hydrogens (tertiary/aromatic N) is 2. The molecule has 1 amide bonds. The molecule has 0 bridgehead atoms. The second-order valence-corrected chi connectivity index (χ2v) is 5.36. The van der Waals surface area contributed by atoms with Gasteiger partial charge in [0.2, 0.25) is 5.91 Å². The second-order valence-electron chi connectivity index (χ2n) is 5.36. The third-order valence-corrected chi connectivity index (χ3v) is 3.89. The highest BCUT2D eigenvalue weighted by Gasteiger charge is 2.37. The van der Waals surface area contributed by atoms with Crippen LogP contribution in [0, 0.1) is 11.8 Å². The number of carbonyl (C=O) groups is 2. The van der Waals surface area contributed by atoms with Crippen LogP contribution in [0.3, 0.4) is 0 Å². The lowest BCUT2D eigenvalue weighted by molar-refractivity contribution is -0.141. The molecule has 1 N–H and O–H groups in total. The first kappa shape index (κ1) is 14.3. The largest absolute Gasteiger partial charge is 0.465 e. The van der Waals surface area contributed by atoms with E-state index in [-0.39, 0.29) is 24.4 Å². The molecule has 0 unspecified atom stereocenters. The maximum atomic E-state index is 12.1. The van der Waals surface area contributed by atoms with E-state index in [0.717, 1.165) is 11.3 Å². The average Bonchev–Trinajstić information content (AvgIpc) is 3.17. The van der Waals surface area contributed by atoms with Crippen molar-refractivity contribution in [2.75, 3.05) is 6.61 Å². The molecular formula is C16H17N3O3. The van der Waals surface area contributed by atoms with Crippen LogP contribution in [0.1, 0.15) is 12.5 Å². The van der Waals surface area contributed by atoms with Gasteiger partial charge in [-0.15, -0.1) is 0 Å². The van der Waals surface area contributed by atoms with E-state index in [4.69, 9.17) is 4.74 Å². The minimum Gasteiger partial charge on any atom is -0.465 e. The van der Waals surface area contributed by atoms with Crippen LogP contribution in [0.4, 0.5) is 0 Å². The van der Waals surface area contributed by atoms with Gasteiger partial charge in [0.25, 0.3) is 0 Å². The summed E-state index contributed by atoms with van der Waals surface area (Å²) in [5.41, 5.74) is 1.95. The molecule has 3 rings (SSSR count). The van der Waals surface area contributed by atoms with Gasteiger partial charge < -0.3 is 10.1 Å². The summed E-state index contributed by atoms with van der Waals surface area (Å²) in [6.07, 6.45) is 3.59. The van der Waals surface area contributed by atoms with E-state index in [1.54, 1.807) is 17.8 Å². The van der Waals surface area contributed by atoms with Crippen molar-refractivity contribution in [2.45, 2.75) is 13.5 Å². The van der Waals surface area contributed by atoms with E-state index < -0.39 is 5.92 Å². The van der Waals surface area contributed by atoms with Gasteiger partial charge in [-0.2, -0.15) is 5.10 Å². The summed E-state index contributed by atoms with van der Waals surface area (Å²) < 4.78 is 6.67. The van der Waals surface area contributed by atoms with Crippen LogP contribution in [0.5, 0.6) is 0 Å². The summed E-state index contributed by atoms with van der Waals surface area (Å²) in [5.74, 6) is -1.21. The van der Waals surface area contributed by atoms with Crippen molar-refractivity contribution in [1.29, 1.82) is 0 Å². The summed E-state index contributed by atoms with van der Waals surface area (Å²) in [6, 6.07) is 9.63. The molecule has 2 atom stereocenters. The lowest BCUT2D eigenvalue weighted by Crippen LogP contribution is -2.33. The predicted molar refractivity (Wildman–Crippen MR) is 79.0 cm³/mol. The van der Waals surface area contributed by atoms with E-state index in [9.17, 15) is 9.59 Å². The van der Waals surface area contributed by atoms with Gasteiger partial charge in [0.05, 0.1) is 17.5 Å². The van der Waals surface area contributed by atoms with Gasteiger partial charge in [-0.1, -0.05) is 19.1 Å². The van der Waals surface area contributed by atoms with Gasteiger partial charge in [-0.25, -0.2) is 4.68 Å². The number of carbonyl (C=O) groups excluding carboxylic acids is 2. The Bertz CT molecular complexity index is 664. The number of ether oxygens (including phenoxy) is 1. The lowest BCUT2D eigenvalue weighted by Gasteiger charge is -2.12. The van der Waals surface area contributed by atoms with Crippen LogP contribution >= 0.6 is 0 Å². The summed E-state index contributed by atoms with van der Waals surface area (Å²) in [7, 11) is 0. The standard InChI is InChI=1S/C16H17N3O3/c1-11-14(10-22-16(11)21)15(20)17-9-12-3-5-13(6-4-12)19-8-2-7-18-19/h2-8,11,14H,9-10H2,1H3,(H,17,20)/t11-,14-/m1/s1. The highest BCUT2D eigenvalue weighted by molar-refractivity contribution is 5.87. The van der Waals surface area contributed by atoms with Crippen molar-refractivity contribution in [2.24, 2.45) is 11.8 Å². The fourth-order valence-electron chi connectivity index (χ4n) is 2.42. The fraction of sp³-hybridized carbons (Fsp3) is 0.312. The van der Waals surface area contributed by atoms with Crippen LogP contribution in [0.25, 0.3) is 5.69 Å². The third kappa shape index (κ3) is 2.86. The number of rotatable bonds is 4. The van der Waals surface area contributed by atoms with Gasteiger partial charge in [0, 0.05) is 18.9 Å². The van der Waals surface area contributed by atoms with Gasteiger partial charge >= 0.3 is 5.97 Å². The number of hydrogen-bond acceptors (Lipinski definition) is 4. The van der Waals surface area contributed by atoms with Crippen molar-refractivity contribution in [3.63, 3.8) is 0 Å². The predicted octanol–water partition coefficient (Wildman–Crippen LogP) is 1.30. The summed E-state index contributed by atoms with van der Waals surface area (Å²) >= 11 is 0. The number of aromatic nitrogens is 2. The molecule has 1 aliphatic heterocycles. The van der Waals surface area contributed by atoms with E-state index in [1.807, 2.05) is 36.5 Å². The number of cyclic esters (lactones) is 1. The van der Waals surface area contributed by atoms with E-state index in [2.05, 4.69) is 10.4 Å². The molecule has 2 heterocycles. The molecule has 0 aliphatic carbocycles. The first-order valence-corrected chi connectivity index (χ1v) is 7.18. The van der Waals surface area contributed by atoms with Gasteiger partial charge in [0.15, 0.2) is 0 Å². The molecule has 2 aromatic rings. The van der Waals surface area contributed by atoms with Crippen LogP contribution < -0.4 is 5.32 Å². The fourth-order valence-corrected chi connectivity index (χ4v) is 2.42. The first-order valence-electron chi connectivity index (χ1n) is 7.18. The molecule has 6 nitrogen and oxygen atoms in total. The Labute approximate surface area is 128 Å². The smallest absolute Gasteiger partial charge is 0.309 e. The molecular weight excluding hydrogens is 282 g/mol. The van der Waals surface area contributed by atoms with Gasteiger partial charge in [0.1, 0.15) is 6.61 Å². The summed E-state index contributed by atoms with van der Waals surface area (Å²) in [4.78, 5) is 23.4. The summed E-state index contributed by atoms with van der Waals surface area (Å²) in [5, 5.41) is 7.01. The molecule has 22 heavy (non-hydrogen) atoms. The second kappa shape index (κ2) is 6.01. The van der Waals surface area contributed by atoms with E-state index in [1.165, 1.54) is 0 Å². The Morgan fingerprint density at radius 1 is 1.41 bits per heavy atom. The monoisotopic (exact) mass is 299 g/mol. The van der Waals surface area contributed by atoms with E-state index >= 15 is 0 Å². The number of amides is 1. The van der Waals surface area contributed by atoms with Crippen molar-refractivity contribution in [1.82, 2.24) is 15.1 Å². The minimum absolute atomic E-state index is 0.144. The molecule has 1 aromatic heterocycles. The average molecular weight is 299 g/mol. The first-order chi connectivity index (χ1) is 10.6. The molecule has 1 saturated heterocycles. The molecule has 0 saturated carbocycles. The minimum atomic E-state index is -0.393. The van der Waals surface area contributed by atoms with Crippen LogP contribution in [0.2, 0.25) is 0 Å². The highest BCUT2D eigenvalue weighted by atomic mass is 16.5. The van der Waals surface area contributed by atoms with E-state index in [0.29, 0.717) is 6.54 Å². The maximum Gasteiger partial charge on any atom is 0.309 e. The Hall–Kier alpha value is -2.63. The summed E-state index contributed by atoms with van der Waals surface area (Å²) in [6.45, 7) is 2.32. The molecule has 1 aromatic carbocycles. The lowest BCUT2D eigenvalue weighted by atomic mass is 9.97. The molecule has 1 aliphatic rings. The van der Waals surface area contributed by atoms with Crippen LogP contribution in [0.15, 0.2) is 42.7 Å². The van der Waals surface area contributed by atoms with Crippen molar-refractivity contribution in [3.05, 3.63) is 48.3 Å². The quantitative estimate of drug-likeness (QED) is 0.864. The zero-order valence-electron chi connectivity index (χ0n) is 12.2. The van der Waals surface area contributed by atoms with Crippen molar-refractivity contribution >= 4 is 11.9 Å². The Morgan fingerprint density at radius 2 is 2.18 bits per heavy atom. The molecule has 114 valence electrons. The van der Waals surface area contributed by atoms with Gasteiger partial charge in [-0.3, -0.25) is 9.59 Å². The Morgan fingerprint density at radius 3 is 2.77 bits per heavy atom. The highest BCUT2D eigenvalue weighted by Crippen LogP contribution is 2.21. The number of hydrogen-bond donors (Lipinski definition) is 1. The third-order valence-electron chi connectivity index (χ3n) is 3.89. The Balaban J connectivity index is 1.58. The number of esters is 1. The Kier molecular flexibility index (Phi) is 3.91. The SMILES string of the molecule is C[C@H]1C(=O)OC[C@H]1C(=O)NCc1ccc(-n2cccn2)cc1. The molecule has 0 radical (unpaired) electrons. The number of nitrogens with one attached hydrogen (secondary N) is 1. The molecule has 1 fully saturated rings. The van der Waals surface area contributed by atoms with Crippen molar-refractivity contribution in [3.8, 4) is 5.69 Å². The maximum absolute atomic E-state index is 12.1. The number of benzene rings is 1. The zero-order chi connectivity index (χ0) is 15.5. The van der Waals surface area contributed by atoms with Crippen LogP contribution in [-0.2, 0) is 20.9 Å².